The van der Waals surface area contributed by atoms with E-state index in [9.17, 15) is 9.59 Å². The molecule has 2 aliphatic rings. The molecule has 2 aliphatic heterocycles. The highest BCUT2D eigenvalue weighted by molar-refractivity contribution is 5.78. The number of carbonyl (C=O) groups excluding carboxylic acids is 2. The Bertz CT molecular complexity index is 894. The number of anilines is 2. The molecule has 0 spiro atoms. The summed E-state index contributed by atoms with van der Waals surface area (Å²) in [5.74, 6) is 1.70. The molecule has 31 heavy (non-hydrogen) atoms. The first kappa shape index (κ1) is 21.2. The summed E-state index contributed by atoms with van der Waals surface area (Å²) in [6, 6.07) is 5.86. The zero-order valence-corrected chi connectivity index (χ0v) is 17.6. The van der Waals surface area contributed by atoms with Crippen molar-refractivity contribution >= 4 is 23.5 Å². The molecule has 0 unspecified atom stereocenters. The van der Waals surface area contributed by atoms with Crippen LogP contribution < -0.4 is 5.32 Å². The molecule has 2 amide bonds. The van der Waals surface area contributed by atoms with Gasteiger partial charge in [-0.25, -0.2) is 9.97 Å². The lowest BCUT2D eigenvalue weighted by Crippen LogP contribution is -2.41. The third-order valence-corrected chi connectivity index (χ3v) is 5.68. The van der Waals surface area contributed by atoms with Crippen molar-refractivity contribution in [2.45, 2.75) is 31.6 Å². The number of rotatable bonds is 8. The fourth-order valence-corrected chi connectivity index (χ4v) is 4.05. The van der Waals surface area contributed by atoms with Crippen molar-refractivity contribution in [1.29, 1.82) is 0 Å². The predicted octanol–water partition coefficient (Wildman–Crippen LogP) is 1.96. The zero-order chi connectivity index (χ0) is 21.5. The van der Waals surface area contributed by atoms with Crippen LogP contribution in [0.4, 0.5) is 11.6 Å². The van der Waals surface area contributed by atoms with Gasteiger partial charge in [-0.2, -0.15) is 0 Å². The lowest BCUT2D eigenvalue weighted by atomic mass is 9.94. The monoisotopic (exact) mass is 424 g/mol. The number of amides is 2. The number of aromatic nitrogens is 3. The van der Waals surface area contributed by atoms with E-state index in [0.29, 0.717) is 37.8 Å². The first-order chi connectivity index (χ1) is 15.2. The van der Waals surface area contributed by atoms with Gasteiger partial charge in [0.05, 0.1) is 12.8 Å². The smallest absolute Gasteiger partial charge is 0.248 e. The lowest BCUT2D eigenvalue weighted by molar-refractivity contribution is -0.137. The van der Waals surface area contributed by atoms with Crippen LogP contribution in [0.5, 0.6) is 0 Å². The van der Waals surface area contributed by atoms with Crippen molar-refractivity contribution in [3.05, 3.63) is 42.5 Å². The third kappa shape index (κ3) is 5.75. The van der Waals surface area contributed by atoms with E-state index < -0.39 is 0 Å². The molecule has 4 heterocycles. The standard InChI is InChI=1S/C22H28N6O3/c29-21-7-3-10-27(21)12-13-31-16-22(30)28-11-2-4-17(15-28)18-5-1-6-19(25-18)26-20-14-23-8-9-24-20/h1,5-6,8-9,14,17H,2-4,7,10-13,15-16H2,(H,24,25,26)/t17-/m0/s1. The van der Waals surface area contributed by atoms with Gasteiger partial charge in [0, 0.05) is 56.6 Å². The van der Waals surface area contributed by atoms with Crippen LogP contribution in [-0.4, -0.2) is 76.0 Å². The summed E-state index contributed by atoms with van der Waals surface area (Å²) in [4.78, 5) is 40.9. The van der Waals surface area contributed by atoms with Crippen LogP contribution in [0.25, 0.3) is 0 Å². The van der Waals surface area contributed by atoms with Crippen molar-refractivity contribution in [2.24, 2.45) is 0 Å². The highest BCUT2D eigenvalue weighted by Gasteiger charge is 2.26. The number of nitrogens with zero attached hydrogens (tertiary/aromatic N) is 5. The highest BCUT2D eigenvalue weighted by atomic mass is 16.5. The van der Waals surface area contributed by atoms with Crippen LogP contribution in [0, 0.1) is 0 Å². The maximum absolute atomic E-state index is 12.6. The molecule has 0 radical (unpaired) electrons. The Morgan fingerprint density at radius 2 is 2.13 bits per heavy atom. The van der Waals surface area contributed by atoms with Crippen molar-refractivity contribution in [3.63, 3.8) is 0 Å². The largest absolute Gasteiger partial charge is 0.370 e. The molecular weight excluding hydrogens is 396 g/mol. The second-order valence-electron chi connectivity index (χ2n) is 7.88. The minimum absolute atomic E-state index is 0.00807. The first-order valence-corrected chi connectivity index (χ1v) is 10.8. The molecule has 4 rings (SSSR count). The summed E-state index contributed by atoms with van der Waals surface area (Å²) in [5.41, 5.74) is 0.958. The molecule has 2 aromatic heterocycles. The van der Waals surface area contributed by atoms with Gasteiger partial charge >= 0.3 is 0 Å². The Balaban J connectivity index is 1.27. The van der Waals surface area contributed by atoms with E-state index in [0.717, 1.165) is 38.0 Å². The van der Waals surface area contributed by atoms with Gasteiger partial charge in [-0.3, -0.25) is 14.6 Å². The third-order valence-electron chi connectivity index (χ3n) is 5.68. The Hall–Kier alpha value is -3.07. The molecule has 2 aromatic rings. The summed E-state index contributed by atoms with van der Waals surface area (Å²) >= 11 is 0. The molecule has 2 saturated heterocycles. The number of ether oxygens (including phenoxy) is 1. The normalized spacial score (nSPS) is 19.0. The van der Waals surface area contributed by atoms with Crippen molar-refractivity contribution in [3.8, 4) is 0 Å². The second kappa shape index (κ2) is 10.3. The fraction of sp³-hybridized carbons (Fsp3) is 0.500. The van der Waals surface area contributed by atoms with Gasteiger partial charge in [-0.1, -0.05) is 6.07 Å². The Labute approximate surface area is 181 Å². The lowest BCUT2D eigenvalue weighted by Gasteiger charge is -2.32. The second-order valence-corrected chi connectivity index (χ2v) is 7.88. The Morgan fingerprint density at radius 3 is 2.94 bits per heavy atom. The number of nitrogens with one attached hydrogen (secondary N) is 1. The molecule has 0 bridgehead atoms. The van der Waals surface area contributed by atoms with E-state index in [1.54, 1.807) is 23.5 Å². The van der Waals surface area contributed by atoms with Crippen molar-refractivity contribution in [1.82, 2.24) is 24.8 Å². The van der Waals surface area contributed by atoms with E-state index in [1.165, 1.54) is 0 Å². The van der Waals surface area contributed by atoms with Crippen LogP contribution in [0.2, 0.25) is 0 Å². The minimum atomic E-state index is -0.00807. The quantitative estimate of drug-likeness (QED) is 0.647. The average molecular weight is 425 g/mol. The van der Waals surface area contributed by atoms with Gasteiger partial charge in [-0.15, -0.1) is 0 Å². The van der Waals surface area contributed by atoms with Crippen LogP contribution in [-0.2, 0) is 14.3 Å². The van der Waals surface area contributed by atoms with Gasteiger partial charge in [0.15, 0.2) is 0 Å². The van der Waals surface area contributed by atoms with Gasteiger partial charge in [0.2, 0.25) is 11.8 Å². The first-order valence-electron chi connectivity index (χ1n) is 10.8. The van der Waals surface area contributed by atoms with E-state index in [4.69, 9.17) is 9.72 Å². The summed E-state index contributed by atoms with van der Waals surface area (Å²) in [5, 5.41) is 3.16. The van der Waals surface area contributed by atoms with E-state index >= 15 is 0 Å². The van der Waals surface area contributed by atoms with Crippen LogP contribution in [0.1, 0.15) is 37.3 Å². The SMILES string of the molecule is O=C1CCCN1CCOCC(=O)N1CCC[C@H](c2cccc(Nc3cnccn3)n2)C1. The molecule has 2 fully saturated rings. The number of hydrogen-bond donors (Lipinski definition) is 1. The molecule has 0 aliphatic carbocycles. The topological polar surface area (TPSA) is 101 Å². The molecule has 9 heteroatoms. The number of carbonyl (C=O) groups is 2. The van der Waals surface area contributed by atoms with E-state index in [2.05, 4.69) is 15.3 Å². The summed E-state index contributed by atoms with van der Waals surface area (Å²) < 4.78 is 5.56. The van der Waals surface area contributed by atoms with Gasteiger partial charge in [0.25, 0.3) is 0 Å². The number of pyridine rings is 1. The number of likely N-dealkylation sites (tertiary alicyclic amines) is 2. The molecule has 0 aromatic carbocycles. The summed E-state index contributed by atoms with van der Waals surface area (Å²) in [7, 11) is 0. The maximum atomic E-state index is 12.6. The summed E-state index contributed by atoms with van der Waals surface area (Å²) in [6.45, 7) is 3.17. The van der Waals surface area contributed by atoms with Crippen molar-refractivity contribution in [2.75, 3.05) is 44.7 Å². The summed E-state index contributed by atoms with van der Waals surface area (Å²) in [6.07, 6.45) is 8.36. The van der Waals surface area contributed by atoms with Crippen LogP contribution in [0.3, 0.4) is 0 Å². The predicted molar refractivity (Wildman–Crippen MR) is 115 cm³/mol. The van der Waals surface area contributed by atoms with E-state index in [1.807, 2.05) is 23.1 Å². The van der Waals surface area contributed by atoms with E-state index in [-0.39, 0.29) is 24.3 Å². The minimum Gasteiger partial charge on any atom is -0.370 e. The van der Waals surface area contributed by atoms with Gasteiger partial charge < -0.3 is 19.9 Å². The maximum Gasteiger partial charge on any atom is 0.248 e. The molecule has 0 saturated carbocycles. The zero-order valence-electron chi connectivity index (χ0n) is 17.6. The molecule has 1 N–H and O–H groups in total. The van der Waals surface area contributed by atoms with Crippen LogP contribution >= 0.6 is 0 Å². The molecule has 1 atom stereocenters. The van der Waals surface area contributed by atoms with Crippen LogP contribution in [0.15, 0.2) is 36.8 Å². The molecular formula is C22H28N6O3. The van der Waals surface area contributed by atoms with Crippen molar-refractivity contribution < 1.29 is 14.3 Å². The number of piperidine rings is 1. The number of hydrogen-bond acceptors (Lipinski definition) is 7. The molecule has 9 nitrogen and oxygen atoms in total. The molecule has 164 valence electrons. The highest BCUT2D eigenvalue weighted by Crippen LogP contribution is 2.27. The fourth-order valence-electron chi connectivity index (χ4n) is 4.05. The van der Waals surface area contributed by atoms with Gasteiger partial charge in [0.1, 0.15) is 18.2 Å². The Morgan fingerprint density at radius 1 is 1.19 bits per heavy atom. The Kier molecular flexibility index (Phi) is 7.03. The van der Waals surface area contributed by atoms with Gasteiger partial charge in [-0.05, 0) is 31.4 Å². The average Bonchev–Trinajstić information content (AvgIpc) is 3.22.